The fourth-order valence-electron chi connectivity index (χ4n) is 1.52. The van der Waals surface area contributed by atoms with E-state index in [0.717, 1.165) is 9.13 Å². The van der Waals surface area contributed by atoms with Crippen molar-refractivity contribution in [2.45, 2.75) is 6.92 Å². The SMILES string of the molecule is Cc1ccc(NC(=O)c2cccc(I)c2)cc1O. The van der Waals surface area contributed by atoms with Gasteiger partial charge < -0.3 is 10.4 Å². The minimum atomic E-state index is -0.184. The Balaban J connectivity index is 2.18. The molecule has 0 saturated carbocycles. The van der Waals surface area contributed by atoms with Crippen LogP contribution in [0.4, 0.5) is 5.69 Å². The number of rotatable bonds is 2. The highest BCUT2D eigenvalue weighted by atomic mass is 127. The van der Waals surface area contributed by atoms with Crippen LogP contribution in [0.2, 0.25) is 0 Å². The molecule has 2 aromatic rings. The van der Waals surface area contributed by atoms with Crippen LogP contribution in [0.3, 0.4) is 0 Å². The van der Waals surface area contributed by atoms with Gasteiger partial charge in [-0.05, 0) is 59.3 Å². The van der Waals surface area contributed by atoms with Crippen molar-refractivity contribution in [1.82, 2.24) is 0 Å². The molecule has 0 heterocycles. The van der Waals surface area contributed by atoms with Crippen molar-refractivity contribution in [3.05, 3.63) is 57.2 Å². The van der Waals surface area contributed by atoms with E-state index in [1.54, 1.807) is 31.2 Å². The van der Waals surface area contributed by atoms with Crippen molar-refractivity contribution in [3.8, 4) is 5.75 Å². The Hall–Kier alpha value is -1.56. The second-order valence-electron chi connectivity index (χ2n) is 3.97. The van der Waals surface area contributed by atoms with Crippen LogP contribution in [-0.2, 0) is 0 Å². The molecule has 0 aliphatic carbocycles. The van der Waals surface area contributed by atoms with Gasteiger partial charge in [0.2, 0.25) is 0 Å². The number of hydrogen-bond donors (Lipinski definition) is 2. The molecule has 2 aromatic carbocycles. The van der Waals surface area contributed by atoms with Crippen molar-refractivity contribution in [1.29, 1.82) is 0 Å². The lowest BCUT2D eigenvalue weighted by molar-refractivity contribution is 0.102. The summed E-state index contributed by atoms with van der Waals surface area (Å²) in [6, 6.07) is 12.4. The monoisotopic (exact) mass is 353 g/mol. The topological polar surface area (TPSA) is 49.3 Å². The molecule has 0 aromatic heterocycles. The number of anilines is 1. The molecule has 0 aliphatic rings. The van der Waals surface area contributed by atoms with Gasteiger partial charge in [-0.1, -0.05) is 12.1 Å². The lowest BCUT2D eigenvalue weighted by Gasteiger charge is -2.07. The molecule has 18 heavy (non-hydrogen) atoms. The van der Waals surface area contributed by atoms with E-state index in [-0.39, 0.29) is 11.7 Å². The summed E-state index contributed by atoms with van der Waals surface area (Å²) in [7, 11) is 0. The number of amides is 1. The molecule has 0 fully saturated rings. The van der Waals surface area contributed by atoms with Gasteiger partial charge in [-0.3, -0.25) is 4.79 Å². The third-order valence-corrected chi connectivity index (χ3v) is 3.22. The van der Waals surface area contributed by atoms with Crippen LogP contribution in [0.15, 0.2) is 42.5 Å². The quantitative estimate of drug-likeness (QED) is 0.812. The molecule has 0 atom stereocenters. The third kappa shape index (κ3) is 3.01. The summed E-state index contributed by atoms with van der Waals surface area (Å²) in [5.74, 6) is -0.00721. The fraction of sp³-hybridized carbons (Fsp3) is 0.0714. The van der Waals surface area contributed by atoms with Gasteiger partial charge in [0.25, 0.3) is 5.91 Å². The number of hydrogen-bond acceptors (Lipinski definition) is 2. The molecule has 2 N–H and O–H groups in total. The van der Waals surface area contributed by atoms with Gasteiger partial charge in [0.1, 0.15) is 5.75 Å². The minimum absolute atomic E-state index is 0.176. The molecule has 1 amide bonds. The van der Waals surface area contributed by atoms with Crippen LogP contribution in [0.5, 0.6) is 5.75 Å². The van der Waals surface area contributed by atoms with Crippen molar-refractivity contribution in [2.24, 2.45) is 0 Å². The summed E-state index contributed by atoms with van der Waals surface area (Å²) in [5, 5.41) is 12.3. The lowest BCUT2D eigenvalue weighted by Crippen LogP contribution is -2.11. The molecule has 0 unspecified atom stereocenters. The molecule has 4 heteroatoms. The van der Waals surface area contributed by atoms with Gasteiger partial charge in [-0.25, -0.2) is 0 Å². The highest BCUT2D eigenvalue weighted by Crippen LogP contribution is 2.21. The molecule has 92 valence electrons. The zero-order valence-corrected chi connectivity index (χ0v) is 11.9. The van der Waals surface area contributed by atoms with Crippen LogP contribution in [0.1, 0.15) is 15.9 Å². The Morgan fingerprint density at radius 1 is 1.22 bits per heavy atom. The number of aryl methyl sites for hydroxylation is 1. The molecular weight excluding hydrogens is 341 g/mol. The Morgan fingerprint density at radius 3 is 2.67 bits per heavy atom. The number of benzene rings is 2. The van der Waals surface area contributed by atoms with Gasteiger partial charge in [0.05, 0.1) is 0 Å². The standard InChI is InChI=1S/C14H12INO2/c1-9-5-6-12(8-13(9)17)16-14(18)10-3-2-4-11(15)7-10/h2-8,17H,1H3,(H,16,18). The Labute approximate surface area is 119 Å². The van der Waals surface area contributed by atoms with Gasteiger partial charge in [0, 0.05) is 20.9 Å². The summed E-state index contributed by atoms with van der Waals surface area (Å²) in [6.45, 7) is 1.81. The minimum Gasteiger partial charge on any atom is -0.508 e. The van der Waals surface area contributed by atoms with Crippen LogP contribution in [-0.4, -0.2) is 11.0 Å². The van der Waals surface area contributed by atoms with E-state index in [4.69, 9.17) is 0 Å². The van der Waals surface area contributed by atoms with Crippen molar-refractivity contribution >= 4 is 34.2 Å². The Morgan fingerprint density at radius 2 is 2.00 bits per heavy atom. The predicted octanol–water partition coefficient (Wildman–Crippen LogP) is 3.56. The van der Waals surface area contributed by atoms with Crippen molar-refractivity contribution in [2.75, 3.05) is 5.32 Å². The largest absolute Gasteiger partial charge is 0.508 e. The summed E-state index contributed by atoms with van der Waals surface area (Å²) in [5.41, 5.74) is 1.96. The van der Waals surface area contributed by atoms with Crippen LogP contribution < -0.4 is 5.32 Å². The zero-order chi connectivity index (χ0) is 13.1. The zero-order valence-electron chi connectivity index (χ0n) is 9.77. The maximum atomic E-state index is 12.0. The number of phenols is 1. The smallest absolute Gasteiger partial charge is 0.255 e. The van der Waals surface area contributed by atoms with E-state index in [1.165, 1.54) is 0 Å². The first kappa shape index (κ1) is 12.9. The number of nitrogens with one attached hydrogen (secondary N) is 1. The Kier molecular flexibility index (Phi) is 3.86. The average molecular weight is 353 g/mol. The van der Waals surface area contributed by atoms with E-state index < -0.39 is 0 Å². The molecular formula is C14H12INO2. The second-order valence-corrected chi connectivity index (χ2v) is 5.21. The first-order valence-corrected chi connectivity index (χ1v) is 6.50. The molecule has 2 rings (SSSR count). The first-order chi connectivity index (χ1) is 8.56. The highest BCUT2D eigenvalue weighted by molar-refractivity contribution is 14.1. The first-order valence-electron chi connectivity index (χ1n) is 5.43. The average Bonchev–Trinajstić information content (AvgIpc) is 2.34. The van der Waals surface area contributed by atoms with Gasteiger partial charge in [-0.15, -0.1) is 0 Å². The third-order valence-electron chi connectivity index (χ3n) is 2.55. The van der Waals surface area contributed by atoms with E-state index in [1.807, 2.05) is 18.2 Å². The maximum Gasteiger partial charge on any atom is 0.255 e. The number of phenolic OH excluding ortho intramolecular Hbond substituents is 1. The summed E-state index contributed by atoms with van der Waals surface area (Å²) < 4.78 is 1.01. The van der Waals surface area contributed by atoms with E-state index in [0.29, 0.717) is 11.3 Å². The summed E-state index contributed by atoms with van der Waals surface area (Å²) >= 11 is 2.16. The molecule has 0 bridgehead atoms. The summed E-state index contributed by atoms with van der Waals surface area (Å²) in [6.07, 6.45) is 0. The Bertz CT molecular complexity index is 596. The molecule has 0 saturated heterocycles. The highest BCUT2D eigenvalue weighted by Gasteiger charge is 2.07. The van der Waals surface area contributed by atoms with Gasteiger partial charge in [0.15, 0.2) is 0 Å². The predicted molar refractivity (Wildman–Crippen MR) is 80.0 cm³/mol. The molecule has 0 aliphatic heterocycles. The molecule has 0 spiro atoms. The number of carbonyl (C=O) groups excluding carboxylic acids is 1. The van der Waals surface area contributed by atoms with Crippen molar-refractivity contribution in [3.63, 3.8) is 0 Å². The number of carbonyl (C=O) groups is 1. The lowest BCUT2D eigenvalue weighted by atomic mass is 10.2. The maximum absolute atomic E-state index is 12.0. The van der Waals surface area contributed by atoms with E-state index in [9.17, 15) is 9.90 Å². The van der Waals surface area contributed by atoms with Crippen LogP contribution >= 0.6 is 22.6 Å². The van der Waals surface area contributed by atoms with Gasteiger partial charge in [-0.2, -0.15) is 0 Å². The summed E-state index contributed by atoms with van der Waals surface area (Å²) in [4.78, 5) is 12.0. The van der Waals surface area contributed by atoms with Crippen LogP contribution in [0.25, 0.3) is 0 Å². The number of halogens is 1. The number of aromatic hydroxyl groups is 1. The van der Waals surface area contributed by atoms with Crippen molar-refractivity contribution < 1.29 is 9.90 Å². The fourth-order valence-corrected chi connectivity index (χ4v) is 2.06. The van der Waals surface area contributed by atoms with E-state index in [2.05, 4.69) is 27.9 Å². The van der Waals surface area contributed by atoms with Gasteiger partial charge >= 0.3 is 0 Å². The van der Waals surface area contributed by atoms with Crippen LogP contribution in [0, 0.1) is 10.5 Å². The van der Waals surface area contributed by atoms with E-state index >= 15 is 0 Å². The molecule has 3 nitrogen and oxygen atoms in total. The second kappa shape index (κ2) is 5.39. The molecule has 0 radical (unpaired) electrons. The normalized spacial score (nSPS) is 10.1.